The Morgan fingerprint density at radius 2 is 2.11 bits per heavy atom. The Bertz CT molecular complexity index is 552. The van der Waals surface area contributed by atoms with Crippen molar-refractivity contribution in [3.05, 3.63) is 41.7 Å². The van der Waals surface area contributed by atoms with Gasteiger partial charge >= 0.3 is 5.97 Å². The Kier molecular flexibility index (Phi) is 4.12. The van der Waals surface area contributed by atoms with Gasteiger partial charge in [0, 0.05) is 13.0 Å². The molecule has 0 unspecified atom stereocenters. The normalized spacial score (nSPS) is 10.4. The third-order valence-corrected chi connectivity index (χ3v) is 2.69. The van der Waals surface area contributed by atoms with Gasteiger partial charge in [-0.15, -0.1) is 5.10 Å². The Morgan fingerprint density at radius 1 is 1.37 bits per heavy atom. The van der Waals surface area contributed by atoms with Crippen LogP contribution in [0.4, 0.5) is 0 Å². The molecule has 0 amide bonds. The minimum atomic E-state index is -1.06. The van der Waals surface area contributed by atoms with Crippen molar-refractivity contribution in [3.63, 3.8) is 0 Å². The molecule has 1 aromatic carbocycles. The van der Waals surface area contributed by atoms with Crippen LogP contribution in [-0.4, -0.2) is 32.7 Å². The van der Waals surface area contributed by atoms with Gasteiger partial charge in [-0.25, -0.2) is 9.48 Å². The summed E-state index contributed by atoms with van der Waals surface area (Å²) in [5, 5.41) is 16.5. The third-order valence-electron chi connectivity index (χ3n) is 2.69. The lowest BCUT2D eigenvalue weighted by molar-refractivity contribution is 0.0689. The number of ether oxygens (including phenoxy) is 1. The van der Waals surface area contributed by atoms with E-state index < -0.39 is 5.97 Å². The number of aromatic nitrogens is 3. The lowest BCUT2D eigenvalue weighted by Gasteiger charge is -2.07. The number of nitrogens with zero attached hydrogens (tertiary/aromatic N) is 3. The molecule has 6 nitrogen and oxygen atoms in total. The third kappa shape index (κ3) is 3.09. The molecule has 0 spiro atoms. The molecule has 0 radical (unpaired) electrons. The summed E-state index contributed by atoms with van der Waals surface area (Å²) in [6.07, 6.45) is 0.456. The number of rotatable bonds is 6. The maximum absolute atomic E-state index is 11.0. The molecule has 6 heteroatoms. The van der Waals surface area contributed by atoms with Crippen LogP contribution < -0.4 is 4.74 Å². The van der Waals surface area contributed by atoms with Gasteiger partial charge in [0.05, 0.1) is 12.3 Å². The van der Waals surface area contributed by atoms with Crippen LogP contribution in [0.5, 0.6) is 5.75 Å². The summed E-state index contributed by atoms with van der Waals surface area (Å²) >= 11 is 0. The topological polar surface area (TPSA) is 77.2 Å². The number of hydrogen-bond donors (Lipinski definition) is 1. The van der Waals surface area contributed by atoms with Crippen molar-refractivity contribution in [3.8, 4) is 5.75 Å². The molecular formula is C13H15N3O3. The first-order chi connectivity index (χ1) is 9.22. The number of carboxylic acids is 1. The van der Waals surface area contributed by atoms with Crippen LogP contribution in [0, 0.1) is 0 Å². The molecule has 100 valence electrons. The molecule has 2 aromatic rings. The van der Waals surface area contributed by atoms with Crippen molar-refractivity contribution in [2.45, 2.75) is 19.9 Å². The van der Waals surface area contributed by atoms with E-state index in [9.17, 15) is 4.79 Å². The van der Waals surface area contributed by atoms with Crippen LogP contribution >= 0.6 is 0 Å². The van der Waals surface area contributed by atoms with E-state index in [1.807, 2.05) is 37.3 Å². The van der Waals surface area contributed by atoms with Crippen molar-refractivity contribution < 1.29 is 14.6 Å². The number of aromatic carboxylic acids is 1. The Hall–Kier alpha value is -2.37. The van der Waals surface area contributed by atoms with Gasteiger partial charge in [0.1, 0.15) is 5.75 Å². The highest BCUT2D eigenvalue weighted by Crippen LogP contribution is 2.11. The molecule has 0 aliphatic carbocycles. The summed E-state index contributed by atoms with van der Waals surface area (Å²) in [7, 11) is 0. The van der Waals surface area contributed by atoms with Crippen molar-refractivity contribution >= 4 is 5.97 Å². The second-order valence-electron chi connectivity index (χ2n) is 3.92. The molecule has 0 aliphatic rings. The summed E-state index contributed by atoms with van der Waals surface area (Å²) in [5.74, 6) is -0.302. The minimum absolute atomic E-state index is 0.00138. The molecule has 1 N–H and O–H groups in total. The van der Waals surface area contributed by atoms with Gasteiger partial charge < -0.3 is 9.84 Å². The smallest absolute Gasteiger partial charge is 0.358 e. The lowest BCUT2D eigenvalue weighted by Crippen LogP contribution is -2.11. The number of aryl methyl sites for hydroxylation is 1. The fraction of sp³-hybridized carbons (Fsp3) is 0.308. The molecule has 0 aliphatic heterocycles. The van der Waals surface area contributed by atoms with Gasteiger partial charge in [-0.2, -0.15) is 0 Å². The first-order valence-corrected chi connectivity index (χ1v) is 6.06. The first kappa shape index (κ1) is 13.1. The molecule has 2 rings (SSSR count). The Labute approximate surface area is 110 Å². The van der Waals surface area contributed by atoms with Gasteiger partial charge in [-0.3, -0.25) is 0 Å². The van der Waals surface area contributed by atoms with Crippen LogP contribution in [0.1, 0.15) is 23.1 Å². The second-order valence-corrected chi connectivity index (χ2v) is 3.92. The minimum Gasteiger partial charge on any atom is -0.493 e. The molecule has 19 heavy (non-hydrogen) atoms. The number of carbonyl (C=O) groups is 1. The first-order valence-electron chi connectivity index (χ1n) is 6.06. The highest BCUT2D eigenvalue weighted by Gasteiger charge is 2.17. The molecule has 1 heterocycles. The zero-order valence-electron chi connectivity index (χ0n) is 10.6. The monoisotopic (exact) mass is 261 g/mol. The van der Waals surface area contributed by atoms with E-state index >= 15 is 0 Å². The zero-order chi connectivity index (χ0) is 13.7. The van der Waals surface area contributed by atoms with Crippen LogP contribution in [0.25, 0.3) is 0 Å². The molecule has 0 saturated carbocycles. The van der Waals surface area contributed by atoms with E-state index in [2.05, 4.69) is 10.3 Å². The summed E-state index contributed by atoms with van der Waals surface area (Å²) in [6, 6.07) is 9.39. The standard InChI is InChI=1S/C13H15N3O3/c1-2-16-11(12(13(17)18)14-15-16)8-9-19-10-6-4-3-5-7-10/h3-7H,2,8-9H2,1H3,(H,17,18). The van der Waals surface area contributed by atoms with Crippen LogP contribution in [0.2, 0.25) is 0 Å². The van der Waals surface area contributed by atoms with Crippen molar-refractivity contribution in [1.82, 2.24) is 15.0 Å². The summed E-state index contributed by atoms with van der Waals surface area (Å²) in [4.78, 5) is 11.0. The van der Waals surface area contributed by atoms with E-state index in [0.717, 1.165) is 5.75 Å². The van der Waals surface area contributed by atoms with Crippen LogP contribution in [0.3, 0.4) is 0 Å². The predicted octanol–water partition coefficient (Wildman–Crippen LogP) is 1.62. The van der Waals surface area contributed by atoms with Crippen molar-refractivity contribution in [1.29, 1.82) is 0 Å². The quantitative estimate of drug-likeness (QED) is 0.855. The summed E-state index contributed by atoms with van der Waals surface area (Å²) in [6.45, 7) is 2.86. The average Bonchev–Trinajstić information content (AvgIpc) is 2.83. The van der Waals surface area contributed by atoms with Crippen LogP contribution in [-0.2, 0) is 13.0 Å². The van der Waals surface area contributed by atoms with Gasteiger partial charge in [-0.05, 0) is 19.1 Å². The zero-order valence-corrected chi connectivity index (χ0v) is 10.6. The number of benzene rings is 1. The van der Waals surface area contributed by atoms with E-state index in [-0.39, 0.29) is 5.69 Å². The largest absolute Gasteiger partial charge is 0.493 e. The average molecular weight is 261 g/mol. The van der Waals surface area contributed by atoms with Gasteiger partial charge in [-0.1, -0.05) is 23.4 Å². The second kappa shape index (κ2) is 5.99. The van der Waals surface area contributed by atoms with Crippen molar-refractivity contribution in [2.24, 2.45) is 0 Å². The molecular weight excluding hydrogens is 246 g/mol. The SMILES string of the molecule is CCn1nnc(C(=O)O)c1CCOc1ccccc1. The van der Waals surface area contributed by atoms with E-state index in [1.54, 1.807) is 4.68 Å². The number of para-hydroxylation sites is 1. The molecule has 0 saturated heterocycles. The Morgan fingerprint density at radius 3 is 2.74 bits per heavy atom. The summed E-state index contributed by atoms with van der Waals surface area (Å²) < 4.78 is 7.13. The maximum atomic E-state index is 11.0. The fourth-order valence-electron chi connectivity index (χ4n) is 1.78. The highest BCUT2D eigenvalue weighted by atomic mass is 16.5. The van der Waals surface area contributed by atoms with Crippen LogP contribution in [0.15, 0.2) is 30.3 Å². The predicted molar refractivity (Wildman–Crippen MR) is 68.3 cm³/mol. The molecule has 1 aromatic heterocycles. The molecule has 0 atom stereocenters. The van der Waals surface area contributed by atoms with E-state index in [0.29, 0.717) is 25.3 Å². The lowest BCUT2D eigenvalue weighted by atomic mass is 10.2. The van der Waals surface area contributed by atoms with E-state index in [1.165, 1.54) is 0 Å². The van der Waals surface area contributed by atoms with Gasteiger partial charge in [0.15, 0.2) is 5.69 Å². The highest BCUT2D eigenvalue weighted by molar-refractivity contribution is 5.86. The molecule has 0 bridgehead atoms. The van der Waals surface area contributed by atoms with E-state index in [4.69, 9.17) is 9.84 Å². The maximum Gasteiger partial charge on any atom is 0.358 e. The van der Waals surface area contributed by atoms with Crippen molar-refractivity contribution in [2.75, 3.05) is 6.61 Å². The number of carboxylic acid groups (broad SMARTS) is 1. The van der Waals surface area contributed by atoms with Gasteiger partial charge in [0.2, 0.25) is 0 Å². The van der Waals surface area contributed by atoms with Gasteiger partial charge in [0.25, 0.3) is 0 Å². The number of hydrogen-bond acceptors (Lipinski definition) is 4. The Balaban J connectivity index is 2.02. The fourth-order valence-corrected chi connectivity index (χ4v) is 1.78. The summed E-state index contributed by atoms with van der Waals surface area (Å²) in [5.41, 5.74) is 0.587. The molecule has 0 fully saturated rings.